The van der Waals surface area contributed by atoms with Gasteiger partial charge < -0.3 is 4.74 Å². The Labute approximate surface area is 143 Å². The summed E-state index contributed by atoms with van der Waals surface area (Å²) in [5.74, 6) is -0.114. The predicted octanol–water partition coefficient (Wildman–Crippen LogP) is 4.60. The van der Waals surface area contributed by atoms with E-state index in [-0.39, 0.29) is 5.78 Å². The summed E-state index contributed by atoms with van der Waals surface area (Å²) in [6.07, 6.45) is 3.09. The molecule has 24 heavy (non-hydrogen) atoms. The molecule has 0 radical (unpaired) electrons. The van der Waals surface area contributed by atoms with Gasteiger partial charge in [-0.2, -0.15) is 0 Å². The largest absolute Gasteiger partial charge is 0.423 e. The zero-order chi connectivity index (χ0) is 16.8. The molecule has 0 atom stereocenters. The van der Waals surface area contributed by atoms with Crippen LogP contribution in [0.5, 0.6) is 5.75 Å². The molecule has 0 aliphatic rings. The first-order chi connectivity index (χ1) is 11.7. The van der Waals surface area contributed by atoms with Gasteiger partial charge in [-0.25, -0.2) is 4.79 Å². The normalized spacial score (nSPS) is 10.7. The molecule has 3 aromatic rings. The van der Waals surface area contributed by atoms with Crippen LogP contribution in [0.15, 0.2) is 78.2 Å². The molecule has 0 unspecified atom stereocenters. The topological polar surface area (TPSA) is 43.4 Å². The quantitative estimate of drug-likeness (QED) is 0.296. The van der Waals surface area contributed by atoms with E-state index in [1.165, 1.54) is 6.08 Å². The molecule has 118 valence electrons. The maximum atomic E-state index is 12.3. The minimum Gasteiger partial charge on any atom is -0.423 e. The molecule has 2 aromatic carbocycles. The van der Waals surface area contributed by atoms with Crippen LogP contribution >= 0.6 is 11.3 Å². The van der Waals surface area contributed by atoms with Crippen LogP contribution in [0, 0.1) is 0 Å². The van der Waals surface area contributed by atoms with Gasteiger partial charge in [0.05, 0.1) is 0 Å². The molecular weight excluding hydrogens is 320 g/mol. The number of carbonyl (C=O) groups is 2. The van der Waals surface area contributed by atoms with Crippen molar-refractivity contribution in [2.24, 2.45) is 0 Å². The first-order valence-corrected chi connectivity index (χ1v) is 8.23. The zero-order valence-electron chi connectivity index (χ0n) is 12.7. The number of esters is 1. The molecule has 0 saturated heterocycles. The lowest BCUT2D eigenvalue weighted by atomic mass is 10.0. The molecule has 1 heterocycles. The highest BCUT2D eigenvalue weighted by Crippen LogP contribution is 2.16. The molecule has 0 aliphatic carbocycles. The van der Waals surface area contributed by atoms with Gasteiger partial charge in [-0.3, -0.25) is 4.79 Å². The van der Waals surface area contributed by atoms with Gasteiger partial charge in [-0.05, 0) is 41.8 Å². The van der Waals surface area contributed by atoms with Gasteiger partial charge in [0.25, 0.3) is 0 Å². The highest BCUT2D eigenvalue weighted by atomic mass is 32.1. The van der Waals surface area contributed by atoms with Crippen LogP contribution in [0.25, 0.3) is 6.08 Å². The SMILES string of the molecule is O=C(C=Cc1cccs1)Oc1ccc(C(=O)c2ccccc2)cc1. The second-order valence-electron chi connectivity index (χ2n) is 4.99. The van der Waals surface area contributed by atoms with E-state index in [2.05, 4.69) is 0 Å². The van der Waals surface area contributed by atoms with Crippen LogP contribution in [0.2, 0.25) is 0 Å². The van der Waals surface area contributed by atoms with Crippen molar-refractivity contribution < 1.29 is 14.3 Å². The van der Waals surface area contributed by atoms with Crippen LogP contribution in [0.1, 0.15) is 20.8 Å². The van der Waals surface area contributed by atoms with Crippen molar-refractivity contribution in [3.8, 4) is 5.75 Å². The third-order valence-electron chi connectivity index (χ3n) is 3.30. The number of ether oxygens (including phenoxy) is 1. The Hall–Kier alpha value is -2.98. The van der Waals surface area contributed by atoms with Gasteiger partial charge in [0, 0.05) is 22.1 Å². The average Bonchev–Trinajstić information content (AvgIpc) is 3.14. The Bertz CT molecular complexity index is 848. The van der Waals surface area contributed by atoms with Crippen LogP contribution < -0.4 is 4.74 Å². The van der Waals surface area contributed by atoms with Gasteiger partial charge in [0.15, 0.2) is 5.78 Å². The van der Waals surface area contributed by atoms with Gasteiger partial charge in [-0.1, -0.05) is 36.4 Å². The molecule has 0 N–H and O–H groups in total. The standard InChI is InChI=1S/C20H14O3S/c21-19(13-12-18-7-4-14-24-18)23-17-10-8-16(9-11-17)20(22)15-5-2-1-3-6-15/h1-14H. The molecule has 4 heteroatoms. The van der Waals surface area contributed by atoms with Crippen molar-refractivity contribution in [2.75, 3.05) is 0 Å². The minimum atomic E-state index is -0.453. The lowest BCUT2D eigenvalue weighted by Gasteiger charge is -2.04. The lowest BCUT2D eigenvalue weighted by Crippen LogP contribution is -2.04. The molecule has 1 aromatic heterocycles. The van der Waals surface area contributed by atoms with E-state index in [1.807, 2.05) is 35.7 Å². The molecule has 0 amide bonds. The molecule has 0 bridgehead atoms. The van der Waals surface area contributed by atoms with Crippen molar-refractivity contribution in [3.63, 3.8) is 0 Å². The average molecular weight is 334 g/mol. The number of ketones is 1. The summed E-state index contributed by atoms with van der Waals surface area (Å²) in [6.45, 7) is 0. The monoisotopic (exact) mass is 334 g/mol. The van der Waals surface area contributed by atoms with E-state index in [0.717, 1.165) is 4.88 Å². The van der Waals surface area contributed by atoms with E-state index in [4.69, 9.17) is 4.74 Å². The molecule has 0 spiro atoms. The molecular formula is C20H14O3S. The summed E-state index contributed by atoms with van der Waals surface area (Å²) in [7, 11) is 0. The number of carbonyl (C=O) groups excluding carboxylic acids is 2. The number of rotatable bonds is 5. The van der Waals surface area contributed by atoms with Crippen LogP contribution in [0.3, 0.4) is 0 Å². The van der Waals surface area contributed by atoms with E-state index >= 15 is 0 Å². The Morgan fingerprint density at radius 1 is 0.833 bits per heavy atom. The first-order valence-electron chi connectivity index (χ1n) is 7.35. The van der Waals surface area contributed by atoms with Crippen LogP contribution in [0.4, 0.5) is 0 Å². The summed E-state index contributed by atoms with van der Waals surface area (Å²) in [5.41, 5.74) is 1.18. The fourth-order valence-electron chi connectivity index (χ4n) is 2.12. The zero-order valence-corrected chi connectivity index (χ0v) is 13.5. The minimum absolute atomic E-state index is 0.0638. The highest BCUT2D eigenvalue weighted by molar-refractivity contribution is 7.10. The molecule has 3 nitrogen and oxygen atoms in total. The van der Waals surface area contributed by atoms with Gasteiger partial charge in [0.1, 0.15) is 5.75 Å². The fourth-order valence-corrected chi connectivity index (χ4v) is 2.74. The molecule has 0 saturated carbocycles. The van der Waals surface area contributed by atoms with Gasteiger partial charge in [0.2, 0.25) is 0 Å². The highest BCUT2D eigenvalue weighted by Gasteiger charge is 2.09. The molecule has 3 rings (SSSR count). The number of thiophene rings is 1. The first kappa shape index (κ1) is 15.9. The third kappa shape index (κ3) is 4.06. The summed E-state index contributed by atoms with van der Waals surface area (Å²) >= 11 is 1.54. The Kier molecular flexibility index (Phi) is 4.99. The van der Waals surface area contributed by atoms with Crippen molar-refractivity contribution in [1.29, 1.82) is 0 Å². The van der Waals surface area contributed by atoms with Crippen LogP contribution in [-0.2, 0) is 4.79 Å². The van der Waals surface area contributed by atoms with Crippen molar-refractivity contribution >= 4 is 29.2 Å². The van der Waals surface area contributed by atoms with Gasteiger partial charge in [-0.15, -0.1) is 11.3 Å². The van der Waals surface area contributed by atoms with Crippen molar-refractivity contribution in [1.82, 2.24) is 0 Å². The molecule has 0 aliphatic heterocycles. The summed E-state index contributed by atoms with van der Waals surface area (Å²) in [5, 5.41) is 1.94. The summed E-state index contributed by atoms with van der Waals surface area (Å²) in [4.78, 5) is 25.1. The van der Waals surface area contributed by atoms with Crippen LogP contribution in [-0.4, -0.2) is 11.8 Å². The Balaban J connectivity index is 1.64. The van der Waals surface area contributed by atoms with E-state index in [1.54, 1.807) is 53.8 Å². The number of hydrogen-bond acceptors (Lipinski definition) is 4. The van der Waals surface area contributed by atoms with Crippen molar-refractivity contribution in [3.05, 3.63) is 94.2 Å². The Morgan fingerprint density at radius 2 is 1.54 bits per heavy atom. The maximum absolute atomic E-state index is 12.3. The van der Waals surface area contributed by atoms with Gasteiger partial charge >= 0.3 is 5.97 Å². The Morgan fingerprint density at radius 3 is 2.21 bits per heavy atom. The molecule has 0 fully saturated rings. The van der Waals surface area contributed by atoms with E-state index < -0.39 is 5.97 Å². The number of hydrogen-bond donors (Lipinski definition) is 0. The fraction of sp³-hybridized carbons (Fsp3) is 0. The second kappa shape index (κ2) is 7.53. The van der Waals surface area contributed by atoms with E-state index in [0.29, 0.717) is 16.9 Å². The summed E-state index contributed by atoms with van der Waals surface area (Å²) < 4.78 is 5.22. The smallest absolute Gasteiger partial charge is 0.336 e. The summed E-state index contributed by atoms with van der Waals surface area (Å²) in [6, 6.07) is 19.4. The van der Waals surface area contributed by atoms with E-state index in [9.17, 15) is 9.59 Å². The lowest BCUT2D eigenvalue weighted by molar-refractivity contribution is -0.128. The predicted molar refractivity (Wildman–Crippen MR) is 95.3 cm³/mol. The second-order valence-corrected chi connectivity index (χ2v) is 5.97. The van der Waals surface area contributed by atoms with Crippen molar-refractivity contribution in [2.45, 2.75) is 0 Å². The maximum Gasteiger partial charge on any atom is 0.336 e. The number of benzene rings is 2. The third-order valence-corrected chi connectivity index (χ3v) is 4.14.